The van der Waals surface area contributed by atoms with E-state index in [4.69, 9.17) is 0 Å². The number of anilines is 1. The zero-order chi connectivity index (χ0) is 19.2. The van der Waals surface area contributed by atoms with E-state index in [0.717, 1.165) is 11.3 Å². The quantitative estimate of drug-likeness (QED) is 0.525. The van der Waals surface area contributed by atoms with Crippen LogP contribution >= 0.6 is 11.3 Å². The summed E-state index contributed by atoms with van der Waals surface area (Å²) in [5.74, 6) is -1.25. The molecule has 2 aromatic carbocycles. The van der Waals surface area contributed by atoms with Crippen LogP contribution in [-0.2, 0) is 9.53 Å². The molecule has 1 amide bonds. The zero-order valence-corrected chi connectivity index (χ0v) is 15.1. The molecule has 1 N–H and O–H groups in total. The third kappa shape index (κ3) is 4.45. The van der Waals surface area contributed by atoms with E-state index < -0.39 is 11.8 Å². The maximum atomic E-state index is 13.9. The standard InChI is InChI=1S/C20H15FN2O3S/c1-26-18(24)11-10-13-6-2-5-9-16(13)23-19(25)17-12-22-20(27-17)14-7-3-4-8-15(14)21/h2-12H,1H3,(H,23,25)/b11-10+. The highest BCUT2D eigenvalue weighted by molar-refractivity contribution is 7.17. The second-order valence-corrected chi connectivity index (χ2v) is 6.44. The highest BCUT2D eigenvalue weighted by atomic mass is 32.1. The van der Waals surface area contributed by atoms with E-state index in [1.54, 1.807) is 48.5 Å². The van der Waals surface area contributed by atoms with Gasteiger partial charge in [0.1, 0.15) is 15.7 Å². The van der Waals surface area contributed by atoms with Crippen molar-refractivity contribution >= 4 is 35.0 Å². The number of aromatic nitrogens is 1. The molecule has 1 heterocycles. The summed E-state index contributed by atoms with van der Waals surface area (Å²) in [5.41, 5.74) is 1.53. The lowest BCUT2D eigenvalue weighted by molar-refractivity contribution is -0.134. The van der Waals surface area contributed by atoms with Gasteiger partial charge in [0.25, 0.3) is 5.91 Å². The number of rotatable bonds is 5. The van der Waals surface area contributed by atoms with Gasteiger partial charge in [-0.05, 0) is 29.8 Å². The normalized spacial score (nSPS) is 10.7. The zero-order valence-electron chi connectivity index (χ0n) is 14.3. The molecular formula is C20H15FN2O3S. The Balaban J connectivity index is 1.80. The van der Waals surface area contributed by atoms with Crippen molar-refractivity contribution in [2.24, 2.45) is 0 Å². The first-order valence-electron chi connectivity index (χ1n) is 7.95. The molecule has 27 heavy (non-hydrogen) atoms. The Morgan fingerprint density at radius 3 is 2.67 bits per heavy atom. The number of amides is 1. The molecule has 136 valence electrons. The van der Waals surface area contributed by atoms with Crippen molar-refractivity contribution in [2.45, 2.75) is 0 Å². The highest BCUT2D eigenvalue weighted by Crippen LogP contribution is 2.28. The first kappa shape index (κ1) is 18.5. The van der Waals surface area contributed by atoms with Crippen molar-refractivity contribution in [1.82, 2.24) is 4.98 Å². The van der Waals surface area contributed by atoms with Gasteiger partial charge in [-0.25, -0.2) is 14.2 Å². The van der Waals surface area contributed by atoms with Crippen molar-refractivity contribution in [3.63, 3.8) is 0 Å². The lowest BCUT2D eigenvalue weighted by Gasteiger charge is -2.07. The monoisotopic (exact) mass is 382 g/mol. The fourth-order valence-electron chi connectivity index (χ4n) is 2.30. The van der Waals surface area contributed by atoms with E-state index in [-0.39, 0.29) is 5.91 Å². The number of thiazole rings is 1. The third-order valence-electron chi connectivity index (χ3n) is 3.64. The summed E-state index contributed by atoms with van der Waals surface area (Å²) >= 11 is 1.10. The Labute approximate surface area is 159 Å². The van der Waals surface area contributed by atoms with Crippen LogP contribution in [-0.4, -0.2) is 24.0 Å². The van der Waals surface area contributed by atoms with Crippen LogP contribution in [0.3, 0.4) is 0 Å². The number of methoxy groups -OCH3 is 1. The van der Waals surface area contributed by atoms with Crippen LogP contribution in [0.25, 0.3) is 16.6 Å². The molecule has 1 aromatic heterocycles. The van der Waals surface area contributed by atoms with Gasteiger partial charge in [0.15, 0.2) is 0 Å². The first-order chi connectivity index (χ1) is 13.1. The fraction of sp³-hybridized carbons (Fsp3) is 0.0500. The molecule has 0 radical (unpaired) electrons. The van der Waals surface area contributed by atoms with E-state index in [0.29, 0.717) is 26.7 Å². The van der Waals surface area contributed by atoms with Gasteiger partial charge in [0, 0.05) is 17.3 Å². The van der Waals surface area contributed by atoms with E-state index in [9.17, 15) is 14.0 Å². The number of hydrogen-bond acceptors (Lipinski definition) is 5. The van der Waals surface area contributed by atoms with Crippen molar-refractivity contribution in [2.75, 3.05) is 12.4 Å². The van der Waals surface area contributed by atoms with Gasteiger partial charge in [-0.1, -0.05) is 30.3 Å². The summed E-state index contributed by atoms with van der Waals surface area (Å²) < 4.78 is 18.5. The minimum atomic E-state index is -0.492. The number of esters is 1. The third-order valence-corrected chi connectivity index (χ3v) is 4.67. The molecule has 0 bridgehead atoms. The SMILES string of the molecule is COC(=O)/C=C/c1ccccc1NC(=O)c1cnc(-c2ccccc2F)s1. The predicted molar refractivity (Wildman–Crippen MR) is 103 cm³/mol. The average molecular weight is 382 g/mol. The molecule has 0 atom stereocenters. The van der Waals surface area contributed by atoms with Crippen molar-refractivity contribution in [1.29, 1.82) is 0 Å². The minimum Gasteiger partial charge on any atom is -0.466 e. The summed E-state index contributed by atoms with van der Waals surface area (Å²) in [5, 5.41) is 3.21. The van der Waals surface area contributed by atoms with Gasteiger partial charge in [0.05, 0.1) is 13.3 Å². The number of ether oxygens (including phenoxy) is 1. The molecule has 0 unspecified atom stereocenters. The Hall–Kier alpha value is -3.32. The van der Waals surface area contributed by atoms with Gasteiger partial charge in [0.2, 0.25) is 0 Å². The Morgan fingerprint density at radius 1 is 1.15 bits per heavy atom. The average Bonchev–Trinajstić information content (AvgIpc) is 3.17. The van der Waals surface area contributed by atoms with Gasteiger partial charge in [-0.2, -0.15) is 0 Å². The molecule has 0 aliphatic heterocycles. The van der Waals surface area contributed by atoms with Crippen molar-refractivity contribution in [3.05, 3.63) is 77.1 Å². The van der Waals surface area contributed by atoms with Crippen LogP contribution in [0.1, 0.15) is 15.2 Å². The Bertz CT molecular complexity index is 1010. The summed E-state index contributed by atoms with van der Waals surface area (Å²) in [6.07, 6.45) is 4.24. The van der Waals surface area contributed by atoms with Crippen LogP contribution in [0.5, 0.6) is 0 Å². The topological polar surface area (TPSA) is 68.3 Å². The number of halogens is 1. The van der Waals surface area contributed by atoms with Crippen LogP contribution in [0.2, 0.25) is 0 Å². The second kappa shape index (κ2) is 8.37. The van der Waals surface area contributed by atoms with Crippen LogP contribution in [0.15, 0.2) is 60.8 Å². The van der Waals surface area contributed by atoms with E-state index >= 15 is 0 Å². The molecule has 0 fully saturated rings. The van der Waals surface area contributed by atoms with Gasteiger partial charge < -0.3 is 10.1 Å². The number of nitrogens with zero attached hydrogens (tertiary/aromatic N) is 1. The van der Waals surface area contributed by atoms with Gasteiger partial charge in [-0.3, -0.25) is 4.79 Å². The lowest BCUT2D eigenvalue weighted by atomic mass is 10.1. The molecular weight excluding hydrogens is 367 g/mol. The maximum absolute atomic E-state index is 13.9. The molecule has 3 rings (SSSR count). The second-order valence-electron chi connectivity index (χ2n) is 5.41. The summed E-state index contributed by atoms with van der Waals surface area (Å²) in [4.78, 5) is 28.3. The lowest BCUT2D eigenvalue weighted by Crippen LogP contribution is -2.11. The molecule has 3 aromatic rings. The number of carbonyl (C=O) groups is 2. The summed E-state index contributed by atoms with van der Waals surface area (Å²) in [7, 11) is 1.29. The number of nitrogens with one attached hydrogen (secondary N) is 1. The summed E-state index contributed by atoms with van der Waals surface area (Å²) in [6.45, 7) is 0. The number of hydrogen-bond donors (Lipinski definition) is 1. The number of benzene rings is 2. The predicted octanol–water partition coefficient (Wildman–Crippen LogP) is 4.39. The molecule has 0 saturated carbocycles. The molecule has 0 saturated heterocycles. The van der Waals surface area contributed by atoms with E-state index in [1.165, 1.54) is 25.4 Å². The van der Waals surface area contributed by atoms with Crippen LogP contribution < -0.4 is 5.32 Å². The van der Waals surface area contributed by atoms with E-state index in [2.05, 4.69) is 15.0 Å². The van der Waals surface area contributed by atoms with Crippen LogP contribution in [0.4, 0.5) is 10.1 Å². The maximum Gasteiger partial charge on any atom is 0.330 e. The van der Waals surface area contributed by atoms with Crippen molar-refractivity contribution < 1.29 is 18.7 Å². The minimum absolute atomic E-state index is 0.347. The number of para-hydroxylation sites is 1. The molecule has 7 heteroatoms. The van der Waals surface area contributed by atoms with Crippen molar-refractivity contribution in [3.8, 4) is 10.6 Å². The molecule has 5 nitrogen and oxygen atoms in total. The molecule has 0 aliphatic carbocycles. The fourth-order valence-corrected chi connectivity index (χ4v) is 3.14. The van der Waals surface area contributed by atoms with E-state index in [1.807, 2.05) is 0 Å². The largest absolute Gasteiger partial charge is 0.466 e. The smallest absolute Gasteiger partial charge is 0.330 e. The first-order valence-corrected chi connectivity index (χ1v) is 8.77. The molecule has 0 aliphatic rings. The van der Waals surface area contributed by atoms with Gasteiger partial charge in [-0.15, -0.1) is 11.3 Å². The molecule has 0 spiro atoms. The Kier molecular flexibility index (Phi) is 5.73. The Morgan fingerprint density at radius 2 is 1.89 bits per heavy atom. The summed E-state index contributed by atoms with van der Waals surface area (Å²) in [6, 6.07) is 13.3. The van der Waals surface area contributed by atoms with Crippen LogP contribution in [0, 0.1) is 5.82 Å². The van der Waals surface area contributed by atoms with Gasteiger partial charge >= 0.3 is 5.97 Å². The number of carbonyl (C=O) groups excluding carboxylic acids is 2. The highest BCUT2D eigenvalue weighted by Gasteiger charge is 2.15.